The highest BCUT2D eigenvalue weighted by Crippen LogP contribution is 2.39. The normalized spacial score (nSPS) is 21.1. The topological polar surface area (TPSA) is 68.8 Å². The molecule has 6 nitrogen and oxygen atoms in total. The average Bonchev–Trinajstić information content (AvgIpc) is 2.55. The molecule has 0 aliphatic carbocycles. The van der Waals surface area contributed by atoms with E-state index in [9.17, 15) is 4.79 Å². The van der Waals surface area contributed by atoms with Crippen LogP contribution >= 0.6 is 0 Å². The van der Waals surface area contributed by atoms with Gasteiger partial charge in [0.1, 0.15) is 0 Å². The van der Waals surface area contributed by atoms with Gasteiger partial charge in [-0.3, -0.25) is 4.79 Å². The number of nitrogens with one attached hydrogen (secondary N) is 2. The number of carbonyl (C=O) groups is 1. The van der Waals surface area contributed by atoms with Crippen molar-refractivity contribution in [2.24, 2.45) is 5.92 Å². The summed E-state index contributed by atoms with van der Waals surface area (Å²) >= 11 is 0. The number of hydrogen-bond acceptors (Lipinski definition) is 5. The van der Waals surface area contributed by atoms with Crippen molar-refractivity contribution in [3.8, 4) is 17.2 Å². The first-order valence-corrected chi connectivity index (χ1v) is 7.42. The zero-order valence-electron chi connectivity index (χ0n) is 13.6. The second-order valence-electron chi connectivity index (χ2n) is 5.43. The van der Waals surface area contributed by atoms with Crippen LogP contribution in [0.2, 0.25) is 0 Å². The Labute approximate surface area is 131 Å². The number of methoxy groups -OCH3 is 3. The Morgan fingerprint density at radius 3 is 2.50 bits per heavy atom. The van der Waals surface area contributed by atoms with E-state index in [4.69, 9.17) is 14.2 Å². The molecular weight excluding hydrogens is 284 g/mol. The summed E-state index contributed by atoms with van der Waals surface area (Å²) in [6.45, 7) is 3.92. The van der Waals surface area contributed by atoms with E-state index in [0.29, 0.717) is 28.7 Å². The van der Waals surface area contributed by atoms with E-state index in [1.54, 1.807) is 19.2 Å². The minimum atomic E-state index is -0.168. The van der Waals surface area contributed by atoms with Gasteiger partial charge >= 0.3 is 0 Å². The average molecular weight is 308 g/mol. The van der Waals surface area contributed by atoms with Crippen molar-refractivity contribution in [1.29, 1.82) is 0 Å². The molecule has 122 valence electrons. The zero-order chi connectivity index (χ0) is 16.1. The summed E-state index contributed by atoms with van der Waals surface area (Å²) in [6, 6.07) is 3.51. The Morgan fingerprint density at radius 1 is 1.18 bits per heavy atom. The fourth-order valence-electron chi connectivity index (χ4n) is 2.71. The molecule has 0 radical (unpaired) electrons. The summed E-state index contributed by atoms with van der Waals surface area (Å²) in [6.07, 6.45) is 1.05. The quantitative estimate of drug-likeness (QED) is 0.861. The third-order valence-corrected chi connectivity index (χ3v) is 4.09. The molecule has 1 fully saturated rings. The van der Waals surface area contributed by atoms with Crippen LogP contribution in [0, 0.1) is 5.92 Å². The van der Waals surface area contributed by atoms with Crippen molar-refractivity contribution in [3.63, 3.8) is 0 Å². The zero-order valence-corrected chi connectivity index (χ0v) is 13.6. The molecule has 1 amide bonds. The Kier molecular flexibility index (Phi) is 5.49. The molecule has 6 heteroatoms. The van der Waals surface area contributed by atoms with Crippen LogP contribution in [0.25, 0.3) is 0 Å². The van der Waals surface area contributed by atoms with Crippen molar-refractivity contribution < 1.29 is 19.0 Å². The van der Waals surface area contributed by atoms with Crippen molar-refractivity contribution >= 4 is 5.91 Å². The fourth-order valence-corrected chi connectivity index (χ4v) is 2.71. The van der Waals surface area contributed by atoms with E-state index in [2.05, 4.69) is 17.6 Å². The van der Waals surface area contributed by atoms with Crippen LogP contribution in [-0.2, 0) is 0 Å². The second-order valence-corrected chi connectivity index (χ2v) is 5.43. The van der Waals surface area contributed by atoms with Crippen molar-refractivity contribution in [2.75, 3.05) is 34.4 Å². The molecule has 2 rings (SSSR count). The lowest BCUT2D eigenvalue weighted by atomic mass is 9.94. The van der Waals surface area contributed by atoms with Crippen molar-refractivity contribution in [3.05, 3.63) is 17.7 Å². The van der Waals surface area contributed by atoms with Crippen LogP contribution in [0.4, 0.5) is 0 Å². The Balaban J connectivity index is 2.25. The third-order valence-electron chi connectivity index (χ3n) is 4.09. The lowest BCUT2D eigenvalue weighted by molar-refractivity contribution is 0.0911. The number of carbonyl (C=O) groups excluding carboxylic acids is 1. The maximum atomic E-state index is 12.6. The lowest BCUT2D eigenvalue weighted by Crippen LogP contribution is -2.50. The van der Waals surface area contributed by atoms with Gasteiger partial charge in [0, 0.05) is 12.6 Å². The van der Waals surface area contributed by atoms with Gasteiger partial charge in [-0.05, 0) is 31.0 Å². The minimum Gasteiger partial charge on any atom is -0.493 e. The second kappa shape index (κ2) is 7.35. The Morgan fingerprint density at radius 2 is 1.91 bits per heavy atom. The highest BCUT2D eigenvalue weighted by molar-refractivity contribution is 5.98. The van der Waals surface area contributed by atoms with Gasteiger partial charge in [0.2, 0.25) is 5.75 Å². The predicted octanol–water partition coefficient (Wildman–Crippen LogP) is 1.44. The molecule has 22 heavy (non-hydrogen) atoms. The molecule has 2 N–H and O–H groups in total. The van der Waals surface area contributed by atoms with Crippen LogP contribution in [-0.4, -0.2) is 46.4 Å². The van der Waals surface area contributed by atoms with Crippen LogP contribution in [0.5, 0.6) is 17.2 Å². The fraction of sp³-hybridized carbons (Fsp3) is 0.562. The first-order valence-electron chi connectivity index (χ1n) is 7.42. The van der Waals surface area contributed by atoms with Crippen LogP contribution in [0.1, 0.15) is 23.7 Å². The van der Waals surface area contributed by atoms with Gasteiger partial charge in [-0.25, -0.2) is 0 Å². The van der Waals surface area contributed by atoms with Gasteiger partial charge in [0.05, 0.1) is 26.9 Å². The van der Waals surface area contributed by atoms with Crippen LogP contribution in [0.3, 0.4) is 0 Å². The summed E-state index contributed by atoms with van der Waals surface area (Å²) in [5.41, 5.74) is 0.443. The number of hydrogen-bond donors (Lipinski definition) is 2. The molecule has 1 aliphatic heterocycles. The largest absolute Gasteiger partial charge is 0.493 e. The maximum Gasteiger partial charge on any atom is 0.255 e. The third kappa shape index (κ3) is 3.27. The number of amides is 1. The minimum absolute atomic E-state index is 0.110. The predicted molar refractivity (Wildman–Crippen MR) is 84.0 cm³/mol. The summed E-state index contributed by atoms with van der Waals surface area (Å²) in [4.78, 5) is 12.6. The molecule has 1 aromatic carbocycles. The molecule has 1 saturated heterocycles. The van der Waals surface area contributed by atoms with Crippen molar-refractivity contribution in [1.82, 2.24) is 10.6 Å². The number of benzene rings is 1. The van der Waals surface area contributed by atoms with Crippen molar-refractivity contribution in [2.45, 2.75) is 19.4 Å². The van der Waals surface area contributed by atoms with Gasteiger partial charge in [0.25, 0.3) is 5.91 Å². The molecule has 1 aliphatic rings. The van der Waals surface area contributed by atoms with Crippen LogP contribution in [0.15, 0.2) is 12.1 Å². The van der Waals surface area contributed by atoms with E-state index in [1.807, 2.05) is 0 Å². The molecule has 2 unspecified atom stereocenters. The van der Waals surface area contributed by atoms with Gasteiger partial charge < -0.3 is 24.8 Å². The maximum absolute atomic E-state index is 12.6. The number of piperidine rings is 1. The van der Waals surface area contributed by atoms with E-state index in [0.717, 1.165) is 19.5 Å². The molecule has 1 heterocycles. The molecular formula is C16H24N2O4. The Hall–Kier alpha value is -1.95. The first kappa shape index (κ1) is 16.4. The van der Waals surface area contributed by atoms with Crippen LogP contribution < -0.4 is 24.8 Å². The summed E-state index contributed by atoms with van der Waals surface area (Å²) in [5, 5.41) is 6.37. The molecule has 0 aromatic heterocycles. The van der Waals surface area contributed by atoms with Gasteiger partial charge in [0.15, 0.2) is 11.5 Å². The van der Waals surface area contributed by atoms with Gasteiger partial charge in [-0.1, -0.05) is 6.92 Å². The van der Waals surface area contributed by atoms with Gasteiger partial charge in [-0.2, -0.15) is 0 Å². The molecule has 2 atom stereocenters. The molecule has 0 spiro atoms. The lowest BCUT2D eigenvalue weighted by Gasteiger charge is -2.30. The standard InChI is InChI=1S/C16H24N2O4/c1-10-7-8-17-9-12(10)18-16(19)11-5-6-13(20-2)15(22-4)14(11)21-3/h5-6,10,12,17H,7-9H2,1-4H3,(H,18,19). The summed E-state index contributed by atoms with van der Waals surface area (Å²) in [7, 11) is 4.58. The van der Waals surface area contributed by atoms with Gasteiger partial charge in [-0.15, -0.1) is 0 Å². The monoisotopic (exact) mass is 308 g/mol. The molecule has 0 bridgehead atoms. The first-order chi connectivity index (χ1) is 10.6. The highest BCUT2D eigenvalue weighted by Gasteiger charge is 2.26. The SMILES string of the molecule is COc1ccc(C(=O)NC2CNCCC2C)c(OC)c1OC. The molecule has 1 aromatic rings. The molecule has 0 saturated carbocycles. The van der Waals surface area contributed by atoms with E-state index in [-0.39, 0.29) is 11.9 Å². The van der Waals surface area contributed by atoms with E-state index >= 15 is 0 Å². The van der Waals surface area contributed by atoms with E-state index in [1.165, 1.54) is 14.2 Å². The summed E-state index contributed by atoms with van der Waals surface area (Å²) < 4.78 is 15.9. The highest BCUT2D eigenvalue weighted by atomic mass is 16.5. The summed E-state index contributed by atoms with van der Waals surface area (Å²) in [5.74, 6) is 1.61. The number of rotatable bonds is 5. The Bertz CT molecular complexity index is 533. The van der Waals surface area contributed by atoms with E-state index < -0.39 is 0 Å². The number of ether oxygens (including phenoxy) is 3. The smallest absolute Gasteiger partial charge is 0.255 e.